The molecule has 0 spiro atoms. The standard InChI is InChI=1S/C11H12N.C2H6/c1-9-4-3-5-10-6-7-12(2)8-11(9)10;1-2/h3-8H,1-2H3;1-2H3/q+1;. The number of fused-ring (bicyclic) bond motifs is 1. The Balaban J connectivity index is 0.000000461. The summed E-state index contributed by atoms with van der Waals surface area (Å²) in [6, 6.07) is 8.52. The van der Waals surface area contributed by atoms with Crippen molar-refractivity contribution in [1.29, 1.82) is 0 Å². The van der Waals surface area contributed by atoms with Crippen LogP contribution in [0.2, 0.25) is 0 Å². The number of benzene rings is 1. The first-order chi connectivity index (χ1) is 6.77. The number of aromatic nitrogens is 1. The van der Waals surface area contributed by atoms with E-state index in [1.807, 2.05) is 20.9 Å². The highest BCUT2D eigenvalue weighted by Gasteiger charge is 1.99. The summed E-state index contributed by atoms with van der Waals surface area (Å²) in [5.41, 5.74) is 1.34. The van der Waals surface area contributed by atoms with Gasteiger partial charge in [0, 0.05) is 11.5 Å². The Morgan fingerprint density at radius 3 is 2.50 bits per heavy atom. The zero-order valence-electron chi connectivity index (χ0n) is 9.41. The predicted molar refractivity (Wildman–Crippen MR) is 61.2 cm³/mol. The lowest BCUT2D eigenvalue weighted by Crippen LogP contribution is -2.25. The fourth-order valence-corrected chi connectivity index (χ4v) is 1.47. The summed E-state index contributed by atoms with van der Waals surface area (Å²) >= 11 is 0. The van der Waals surface area contributed by atoms with Gasteiger partial charge in [0.15, 0.2) is 12.4 Å². The summed E-state index contributed by atoms with van der Waals surface area (Å²) in [5, 5.41) is 2.65. The molecule has 0 N–H and O–H groups in total. The number of aryl methyl sites for hydroxylation is 2. The molecule has 1 aromatic heterocycles. The molecule has 0 aliphatic rings. The van der Waals surface area contributed by atoms with Gasteiger partial charge < -0.3 is 0 Å². The Morgan fingerprint density at radius 2 is 1.79 bits per heavy atom. The highest BCUT2D eigenvalue weighted by Crippen LogP contribution is 2.14. The fraction of sp³-hybridized carbons (Fsp3) is 0.308. The van der Waals surface area contributed by atoms with Gasteiger partial charge in [-0.25, -0.2) is 4.57 Å². The number of hydrogen-bond donors (Lipinski definition) is 0. The maximum atomic E-state index is 2.16. The van der Waals surface area contributed by atoms with Crippen LogP contribution < -0.4 is 4.57 Å². The minimum Gasteiger partial charge on any atom is -0.207 e. The molecule has 1 aromatic carbocycles. The summed E-state index contributed by atoms with van der Waals surface area (Å²) in [7, 11) is 2.05. The smallest absolute Gasteiger partial charge is 0.176 e. The van der Waals surface area contributed by atoms with Crippen molar-refractivity contribution in [3.05, 3.63) is 42.2 Å². The van der Waals surface area contributed by atoms with E-state index in [-0.39, 0.29) is 0 Å². The van der Waals surface area contributed by atoms with Crippen molar-refractivity contribution in [3.8, 4) is 0 Å². The fourth-order valence-electron chi connectivity index (χ4n) is 1.47. The second-order valence-electron chi connectivity index (χ2n) is 3.19. The third kappa shape index (κ3) is 2.11. The van der Waals surface area contributed by atoms with E-state index < -0.39 is 0 Å². The molecule has 0 aliphatic heterocycles. The van der Waals surface area contributed by atoms with E-state index >= 15 is 0 Å². The average molecular weight is 188 g/mol. The Bertz CT molecular complexity index is 419. The second-order valence-corrected chi connectivity index (χ2v) is 3.19. The summed E-state index contributed by atoms with van der Waals surface area (Å²) in [6.45, 7) is 6.14. The maximum Gasteiger partial charge on any atom is 0.176 e. The molecule has 0 fully saturated rings. The molecule has 2 aromatic rings. The molecule has 0 aliphatic carbocycles. The molecule has 1 heterocycles. The van der Waals surface area contributed by atoms with Gasteiger partial charge in [-0.15, -0.1) is 0 Å². The van der Waals surface area contributed by atoms with Gasteiger partial charge in [0.25, 0.3) is 0 Å². The van der Waals surface area contributed by atoms with Crippen LogP contribution >= 0.6 is 0 Å². The van der Waals surface area contributed by atoms with Gasteiger partial charge in [-0.3, -0.25) is 0 Å². The molecule has 1 heteroatoms. The monoisotopic (exact) mass is 188 g/mol. The van der Waals surface area contributed by atoms with E-state index in [9.17, 15) is 0 Å². The Hall–Kier alpha value is -1.37. The first kappa shape index (κ1) is 10.7. The van der Waals surface area contributed by atoms with Crippen molar-refractivity contribution in [2.45, 2.75) is 20.8 Å². The van der Waals surface area contributed by atoms with Gasteiger partial charge in [0.05, 0.1) is 0 Å². The maximum absolute atomic E-state index is 2.16. The molecule has 0 saturated heterocycles. The van der Waals surface area contributed by atoms with Crippen LogP contribution in [0.4, 0.5) is 0 Å². The predicted octanol–water partition coefficient (Wildman–Crippen LogP) is 3.00. The van der Waals surface area contributed by atoms with E-state index in [2.05, 4.69) is 48.1 Å². The van der Waals surface area contributed by atoms with Crippen LogP contribution in [0.1, 0.15) is 19.4 Å². The molecule has 1 nitrogen and oxygen atoms in total. The lowest BCUT2D eigenvalue weighted by Gasteiger charge is -1.98. The Labute approximate surface area is 86.0 Å². The normalized spacial score (nSPS) is 9.43. The summed E-state index contributed by atoms with van der Waals surface area (Å²) in [5.74, 6) is 0. The molecule has 0 radical (unpaired) electrons. The van der Waals surface area contributed by atoms with Gasteiger partial charge in [0.2, 0.25) is 0 Å². The molecule has 2 rings (SSSR count). The van der Waals surface area contributed by atoms with Crippen LogP contribution in [-0.4, -0.2) is 0 Å². The minimum absolute atomic E-state index is 1.31. The quantitative estimate of drug-likeness (QED) is 0.560. The van der Waals surface area contributed by atoms with E-state index in [4.69, 9.17) is 0 Å². The van der Waals surface area contributed by atoms with Crippen molar-refractivity contribution in [1.82, 2.24) is 0 Å². The molecular weight excluding hydrogens is 170 g/mol. The molecular formula is C13H18N+. The summed E-state index contributed by atoms with van der Waals surface area (Å²) in [4.78, 5) is 0. The SMILES string of the molecule is CC.Cc1cccc2cc[n+](C)cc12. The highest BCUT2D eigenvalue weighted by atomic mass is 14.9. The van der Waals surface area contributed by atoms with Crippen LogP contribution in [0.25, 0.3) is 10.8 Å². The van der Waals surface area contributed by atoms with Crippen molar-refractivity contribution in [3.63, 3.8) is 0 Å². The van der Waals surface area contributed by atoms with E-state index in [1.165, 1.54) is 16.3 Å². The number of nitrogens with zero attached hydrogens (tertiary/aromatic N) is 1. The first-order valence-electron chi connectivity index (χ1n) is 5.12. The topological polar surface area (TPSA) is 3.88 Å². The van der Waals surface area contributed by atoms with Gasteiger partial charge in [-0.1, -0.05) is 32.0 Å². The van der Waals surface area contributed by atoms with E-state index in [0.717, 1.165) is 0 Å². The van der Waals surface area contributed by atoms with Gasteiger partial charge in [0.1, 0.15) is 7.05 Å². The van der Waals surface area contributed by atoms with Crippen molar-refractivity contribution in [2.75, 3.05) is 0 Å². The van der Waals surface area contributed by atoms with E-state index in [0.29, 0.717) is 0 Å². The lowest BCUT2D eigenvalue weighted by atomic mass is 10.1. The minimum atomic E-state index is 1.31. The molecule has 74 valence electrons. The zero-order chi connectivity index (χ0) is 10.6. The first-order valence-corrected chi connectivity index (χ1v) is 5.12. The average Bonchev–Trinajstić information content (AvgIpc) is 2.22. The Kier molecular flexibility index (Phi) is 3.63. The second kappa shape index (κ2) is 4.75. The van der Waals surface area contributed by atoms with Gasteiger partial charge >= 0.3 is 0 Å². The molecule has 0 unspecified atom stereocenters. The van der Waals surface area contributed by atoms with Gasteiger partial charge in [-0.05, 0) is 17.9 Å². The van der Waals surface area contributed by atoms with Crippen LogP contribution in [0, 0.1) is 6.92 Å². The molecule has 0 amide bonds. The lowest BCUT2D eigenvalue weighted by molar-refractivity contribution is -0.670. The summed E-state index contributed by atoms with van der Waals surface area (Å²) < 4.78 is 2.08. The molecule has 14 heavy (non-hydrogen) atoms. The number of hydrogen-bond acceptors (Lipinski definition) is 0. The Morgan fingerprint density at radius 1 is 1.07 bits per heavy atom. The van der Waals surface area contributed by atoms with Crippen molar-refractivity contribution < 1.29 is 4.57 Å². The summed E-state index contributed by atoms with van der Waals surface area (Å²) in [6.07, 6.45) is 4.23. The van der Waals surface area contributed by atoms with Crippen molar-refractivity contribution >= 4 is 10.8 Å². The van der Waals surface area contributed by atoms with Crippen LogP contribution in [0.15, 0.2) is 36.7 Å². The molecule has 0 saturated carbocycles. The molecule has 0 bridgehead atoms. The molecule has 0 atom stereocenters. The van der Waals surface area contributed by atoms with Crippen LogP contribution in [0.5, 0.6) is 0 Å². The van der Waals surface area contributed by atoms with Gasteiger partial charge in [-0.2, -0.15) is 0 Å². The third-order valence-electron chi connectivity index (χ3n) is 2.18. The van der Waals surface area contributed by atoms with Crippen LogP contribution in [-0.2, 0) is 7.05 Å². The van der Waals surface area contributed by atoms with E-state index in [1.54, 1.807) is 0 Å². The van der Waals surface area contributed by atoms with Crippen molar-refractivity contribution in [2.24, 2.45) is 7.05 Å². The third-order valence-corrected chi connectivity index (χ3v) is 2.18. The largest absolute Gasteiger partial charge is 0.207 e. The van der Waals surface area contributed by atoms with Crippen LogP contribution in [0.3, 0.4) is 0 Å². The zero-order valence-corrected chi connectivity index (χ0v) is 9.41. The highest BCUT2D eigenvalue weighted by molar-refractivity contribution is 5.83. The number of rotatable bonds is 0. The number of pyridine rings is 1.